The molecule has 1 N–H and O–H groups in total. The molecule has 1 aromatic carbocycles. The van der Waals surface area contributed by atoms with Gasteiger partial charge in [-0.3, -0.25) is 0 Å². The Morgan fingerprint density at radius 2 is 2.26 bits per heavy atom. The van der Waals surface area contributed by atoms with E-state index in [1.807, 2.05) is 6.20 Å². The zero-order chi connectivity index (χ0) is 13.2. The number of aromatic nitrogens is 1. The summed E-state index contributed by atoms with van der Waals surface area (Å²) in [5.41, 5.74) is 2.40. The van der Waals surface area contributed by atoms with Crippen LogP contribution in [0.5, 0.6) is 0 Å². The van der Waals surface area contributed by atoms with E-state index in [0.717, 1.165) is 36.2 Å². The predicted molar refractivity (Wildman–Crippen MR) is 84.1 cm³/mol. The van der Waals surface area contributed by atoms with Gasteiger partial charge >= 0.3 is 0 Å². The van der Waals surface area contributed by atoms with Crippen molar-refractivity contribution >= 4 is 22.6 Å². The molecule has 0 saturated heterocycles. The first-order valence-electron chi connectivity index (χ1n) is 6.67. The summed E-state index contributed by atoms with van der Waals surface area (Å²) in [6, 6.07) is 7.00. The summed E-state index contributed by atoms with van der Waals surface area (Å²) in [7, 11) is 0. The molecule has 3 nitrogen and oxygen atoms in total. The Morgan fingerprint density at radius 3 is 3.05 bits per heavy atom. The van der Waals surface area contributed by atoms with E-state index in [1.165, 1.54) is 22.0 Å². The second-order valence-corrected chi connectivity index (χ2v) is 6.11. The Morgan fingerprint density at radius 1 is 1.42 bits per heavy atom. The molecule has 0 radical (unpaired) electrons. The number of rotatable bonds is 5. The van der Waals surface area contributed by atoms with Crippen molar-refractivity contribution in [3.63, 3.8) is 0 Å². The van der Waals surface area contributed by atoms with Crippen LogP contribution in [-0.2, 0) is 6.42 Å². The van der Waals surface area contributed by atoms with Gasteiger partial charge in [0.2, 0.25) is 0 Å². The standard InChI is InChI=1S/C15H17IN2O/c1-10-3-2-4-12(15(10)16)13-9-18-14(19-13)7-8-17-11-5-6-11/h2-4,9,11,17H,5-8H2,1H3. The van der Waals surface area contributed by atoms with Gasteiger partial charge < -0.3 is 9.73 Å². The Hall–Kier alpha value is -0.880. The smallest absolute Gasteiger partial charge is 0.196 e. The van der Waals surface area contributed by atoms with Gasteiger partial charge in [-0.15, -0.1) is 0 Å². The highest BCUT2D eigenvalue weighted by atomic mass is 127. The highest BCUT2D eigenvalue weighted by molar-refractivity contribution is 14.1. The quantitative estimate of drug-likeness (QED) is 0.821. The molecule has 2 aromatic rings. The van der Waals surface area contributed by atoms with Crippen LogP contribution in [0.3, 0.4) is 0 Å². The summed E-state index contributed by atoms with van der Waals surface area (Å²) in [5, 5.41) is 3.47. The molecule has 0 bridgehead atoms. The molecule has 1 saturated carbocycles. The SMILES string of the molecule is Cc1cccc(-c2cnc(CCNC3CC3)o2)c1I. The summed E-state index contributed by atoms with van der Waals surface area (Å²) in [6.07, 6.45) is 5.33. The first kappa shape index (κ1) is 13.1. The van der Waals surface area contributed by atoms with Crippen molar-refractivity contribution in [2.75, 3.05) is 6.54 Å². The lowest BCUT2D eigenvalue weighted by atomic mass is 10.1. The van der Waals surface area contributed by atoms with Crippen LogP contribution < -0.4 is 5.32 Å². The van der Waals surface area contributed by atoms with Gasteiger partial charge in [-0.2, -0.15) is 0 Å². The molecule has 1 fully saturated rings. The molecule has 100 valence electrons. The molecule has 0 unspecified atom stereocenters. The van der Waals surface area contributed by atoms with E-state index in [2.05, 4.69) is 58.0 Å². The number of halogens is 1. The van der Waals surface area contributed by atoms with Crippen molar-refractivity contribution in [1.29, 1.82) is 0 Å². The van der Waals surface area contributed by atoms with E-state index in [0.29, 0.717) is 0 Å². The second-order valence-electron chi connectivity index (χ2n) is 5.03. The Bertz CT molecular complexity index is 575. The molecule has 4 heteroatoms. The summed E-state index contributed by atoms with van der Waals surface area (Å²) >= 11 is 2.36. The second kappa shape index (κ2) is 5.63. The van der Waals surface area contributed by atoms with Gasteiger partial charge in [-0.1, -0.05) is 18.2 Å². The maximum Gasteiger partial charge on any atom is 0.196 e. The molecule has 3 rings (SSSR count). The van der Waals surface area contributed by atoms with Crippen LogP contribution in [0.25, 0.3) is 11.3 Å². The number of hydrogen-bond donors (Lipinski definition) is 1. The monoisotopic (exact) mass is 368 g/mol. The number of benzene rings is 1. The number of oxazole rings is 1. The molecule has 1 aliphatic carbocycles. The lowest BCUT2D eigenvalue weighted by Crippen LogP contribution is -2.19. The average Bonchev–Trinajstić information content (AvgIpc) is 3.10. The molecule has 1 aliphatic rings. The highest BCUT2D eigenvalue weighted by Gasteiger charge is 2.20. The van der Waals surface area contributed by atoms with E-state index < -0.39 is 0 Å². The topological polar surface area (TPSA) is 38.1 Å². The molecule has 1 heterocycles. The van der Waals surface area contributed by atoms with Crippen LogP contribution in [0.1, 0.15) is 24.3 Å². The molecule has 0 atom stereocenters. The maximum atomic E-state index is 5.85. The van der Waals surface area contributed by atoms with Crippen LogP contribution in [-0.4, -0.2) is 17.6 Å². The van der Waals surface area contributed by atoms with Crippen LogP contribution in [0.2, 0.25) is 0 Å². The minimum absolute atomic E-state index is 0.743. The normalized spacial score (nSPS) is 14.8. The first-order chi connectivity index (χ1) is 9.24. The number of nitrogens with one attached hydrogen (secondary N) is 1. The first-order valence-corrected chi connectivity index (χ1v) is 7.75. The maximum absolute atomic E-state index is 5.85. The van der Waals surface area contributed by atoms with Crippen molar-refractivity contribution < 1.29 is 4.42 Å². The van der Waals surface area contributed by atoms with Gasteiger partial charge in [0.15, 0.2) is 11.7 Å². The highest BCUT2D eigenvalue weighted by Crippen LogP contribution is 2.28. The van der Waals surface area contributed by atoms with Crippen molar-refractivity contribution in [1.82, 2.24) is 10.3 Å². The van der Waals surface area contributed by atoms with Crippen LogP contribution in [0.15, 0.2) is 28.8 Å². The summed E-state index contributed by atoms with van der Waals surface area (Å²) in [4.78, 5) is 4.37. The molecule has 1 aromatic heterocycles. The summed E-state index contributed by atoms with van der Waals surface area (Å²) in [5.74, 6) is 1.69. The largest absolute Gasteiger partial charge is 0.441 e. The zero-order valence-corrected chi connectivity index (χ0v) is 13.1. The van der Waals surface area contributed by atoms with Gasteiger partial charge in [-0.05, 0) is 47.9 Å². The third-order valence-electron chi connectivity index (χ3n) is 3.36. The van der Waals surface area contributed by atoms with Crippen LogP contribution in [0.4, 0.5) is 0 Å². The minimum Gasteiger partial charge on any atom is -0.441 e. The van der Waals surface area contributed by atoms with Crippen LogP contribution in [0, 0.1) is 10.5 Å². The zero-order valence-electron chi connectivity index (χ0n) is 10.9. The van der Waals surface area contributed by atoms with E-state index in [-0.39, 0.29) is 0 Å². The minimum atomic E-state index is 0.743. The third kappa shape index (κ3) is 3.17. The van der Waals surface area contributed by atoms with E-state index in [4.69, 9.17) is 4.42 Å². The van der Waals surface area contributed by atoms with E-state index in [1.54, 1.807) is 0 Å². The summed E-state index contributed by atoms with van der Waals surface area (Å²) < 4.78 is 7.09. The number of nitrogens with zero attached hydrogens (tertiary/aromatic N) is 1. The van der Waals surface area contributed by atoms with Crippen molar-refractivity contribution in [2.24, 2.45) is 0 Å². The molecule has 0 aliphatic heterocycles. The number of hydrogen-bond acceptors (Lipinski definition) is 3. The summed E-state index contributed by atoms with van der Waals surface area (Å²) in [6.45, 7) is 3.07. The fourth-order valence-electron chi connectivity index (χ4n) is 2.06. The molecule has 0 amide bonds. The third-order valence-corrected chi connectivity index (χ3v) is 4.79. The van der Waals surface area contributed by atoms with E-state index in [9.17, 15) is 0 Å². The average molecular weight is 368 g/mol. The fraction of sp³-hybridized carbons (Fsp3) is 0.400. The molecule has 0 spiro atoms. The fourth-order valence-corrected chi connectivity index (χ4v) is 2.68. The number of aryl methyl sites for hydroxylation is 1. The lowest BCUT2D eigenvalue weighted by Gasteiger charge is -2.03. The molecule has 19 heavy (non-hydrogen) atoms. The predicted octanol–water partition coefficient (Wildman–Crippen LogP) is 3.55. The van der Waals surface area contributed by atoms with Crippen LogP contribution >= 0.6 is 22.6 Å². The van der Waals surface area contributed by atoms with Gasteiger partial charge in [0.1, 0.15) is 0 Å². The Balaban J connectivity index is 1.70. The lowest BCUT2D eigenvalue weighted by molar-refractivity contribution is 0.494. The Labute approximate surface area is 126 Å². The van der Waals surface area contributed by atoms with Gasteiger partial charge in [0.25, 0.3) is 0 Å². The van der Waals surface area contributed by atoms with Crippen molar-refractivity contribution in [3.05, 3.63) is 39.4 Å². The van der Waals surface area contributed by atoms with E-state index >= 15 is 0 Å². The van der Waals surface area contributed by atoms with Crippen molar-refractivity contribution in [3.8, 4) is 11.3 Å². The van der Waals surface area contributed by atoms with Gasteiger partial charge in [0.05, 0.1) is 6.20 Å². The van der Waals surface area contributed by atoms with Crippen molar-refractivity contribution in [2.45, 2.75) is 32.2 Å². The van der Waals surface area contributed by atoms with Gasteiger partial charge in [-0.25, -0.2) is 4.98 Å². The Kier molecular flexibility index (Phi) is 3.88. The van der Waals surface area contributed by atoms with Gasteiger partial charge in [0, 0.05) is 28.1 Å². The molecular weight excluding hydrogens is 351 g/mol. The molecular formula is C15H17IN2O.